The van der Waals surface area contributed by atoms with Gasteiger partial charge in [0.1, 0.15) is 17.2 Å². The molecule has 0 saturated carbocycles. The van der Waals surface area contributed by atoms with Gasteiger partial charge >= 0.3 is 0 Å². The molecule has 0 fully saturated rings. The first-order valence-electron chi connectivity index (χ1n) is 9.60. The van der Waals surface area contributed by atoms with Gasteiger partial charge in [-0.15, -0.1) is 0 Å². The quantitative estimate of drug-likeness (QED) is 0.492. The molecule has 0 spiro atoms. The van der Waals surface area contributed by atoms with Crippen LogP contribution in [0.2, 0.25) is 0 Å². The van der Waals surface area contributed by atoms with E-state index in [-0.39, 0.29) is 11.7 Å². The highest BCUT2D eigenvalue weighted by Crippen LogP contribution is 2.24. The van der Waals surface area contributed by atoms with Crippen molar-refractivity contribution in [2.24, 2.45) is 0 Å². The zero-order valence-corrected chi connectivity index (χ0v) is 17.8. The fraction of sp³-hybridized carbons (Fsp3) is 0.318. The topological polar surface area (TPSA) is 109 Å². The molecule has 0 radical (unpaired) electrons. The third kappa shape index (κ3) is 4.53. The highest BCUT2D eigenvalue weighted by Gasteiger charge is 2.20. The molecular formula is C22H26N4O4. The Morgan fingerprint density at radius 2 is 1.70 bits per heavy atom. The van der Waals surface area contributed by atoms with Crippen molar-refractivity contribution in [2.75, 3.05) is 19.5 Å². The number of ketones is 1. The van der Waals surface area contributed by atoms with Crippen LogP contribution in [0.25, 0.3) is 0 Å². The number of methoxy groups -OCH3 is 2. The number of aromatic amines is 2. The van der Waals surface area contributed by atoms with E-state index < -0.39 is 0 Å². The number of H-pyrrole nitrogens is 2. The van der Waals surface area contributed by atoms with E-state index >= 15 is 0 Å². The molecule has 0 aliphatic carbocycles. The van der Waals surface area contributed by atoms with Crippen LogP contribution in [0, 0.1) is 13.8 Å². The number of carbonyl (C=O) groups is 2. The van der Waals surface area contributed by atoms with Crippen molar-refractivity contribution < 1.29 is 19.1 Å². The lowest BCUT2D eigenvalue weighted by Gasteiger charge is -2.08. The number of aromatic nitrogens is 3. The molecule has 2 aromatic heterocycles. The van der Waals surface area contributed by atoms with E-state index in [4.69, 9.17) is 9.47 Å². The lowest BCUT2D eigenvalue weighted by molar-refractivity contribution is 0.101. The molecule has 0 bridgehead atoms. The monoisotopic (exact) mass is 410 g/mol. The number of rotatable bonds is 8. The lowest BCUT2D eigenvalue weighted by atomic mass is 10.1. The van der Waals surface area contributed by atoms with Crippen LogP contribution in [-0.4, -0.2) is 41.1 Å². The van der Waals surface area contributed by atoms with E-state index in [1.165, 1.54) is 6.92 Å². The van der Waals surface area contributed by atoms with E-state index in [2.05, 4.69) is 20.5 Å². The highest BCUT2D eigenvalue weighted by atomic mass is 16.5. The number of nitrogens with zero attached hydrogens (tertiary/aromatic N) is 1. The van der Waals surface area contributed by atoms with Gasteiger partial charge in [0.15, 0.2) is 11.6 Å². The summed E-state index contributed by atoms with van der Waals surface area (Å²) in [6.07, 6.45) is 1.45. The van der Waals surface area contributed by atoms with E-state index in [1.807, 2.05) is 18.2 Å². The van der Waals surface area contributed by atoms with Crippen molar-refractivity contribution in [1.29, 1.82) is 0 Å². The number of aryl methyl sites for hydroxylation is 3. The third-order valence-electron chi connectivity index (χ3n) is 4.98. The summed E-state index contributed by atoms with van der Waals surface area (Å²) in [6, 6.07) is 7.55. The Balaban J connectivity index is 1.67. The summed E-state index contributed by atoms with van der Waals surface area (Å²) in [5.41, 5.74) is 4.20. The summed E-state index contributed by atoms with van der Waals surface area (Å²) in [7, 11) is 3.24. The van der Waals surface area contributed by atoms with Gasteiger partial charge in [0.05, 0.1) is 14.2 Å². The maximum absolute atomic E-state index is 12.6. The zero-order valence-electron chi connectivity index (χ0n) is 17.8. The molecule has 3 aromatic rings. The summed E-state index contributed by atoms with van der Waals surface area (Å²) in [4.78, 5) is 27.4. The number of nitrogens with one attached hydrogen (secondary N) is 3. The second-order valence-corrected chi connectivity index (χ2v) is 7.13. The van der Waals surface area contributed by atoms with Crippen LogP contribution < -0.4 is 14.8 Å². The normalized spacial score (nSPS) is 10.7. The molecule has 1 amide bonds. The standard InChI is InChI=1S/C22H26N4O4/c1-12-20(14(3)27)13(2)23-21(12)22(28)24-19-10-16(25-26-19)7-6-15-8-17(29-4)11-18(9-15)30-5/h8-11,23H,6-7H2,1-5H3,(H2,24,25,26,28). The third-order valence-corrected chi connectivity index (χ3v) is 4.98. The average molecular weight is 410 g/mol. The minimum Gasteiger partial charge on any atom is -0.497 e. The predicted octanol–water partition coefficient (Wildman–Crippen LogP) is 3.61. The van der Waals surface area contributed by atoms with Gasteiger partial charge in [-0.05, 0) is 56.9 Å². The van der Waals surface area contributed by atoms with Gasteiger partial charge in [-0.3, -0.25) is 14.7 Å². The molecule has 3 rings (SSSR count). The van der Waals surface area contributed by atoms with Crippen molar-refractivity contribution in [2.45, 2.75) is 33.6 Å². The average Bonchev–Trinajstić information content (AvgIpc) is 3.29. The first-order valence-corrected chi connectivity index (χ1v) is 9.60. The zero-order chi connectivity index (χ0) is 21.8. The van der Waals surface area contributed by atoms with Crippen molar-refractivity contribution in [3.05, 3.63) is 58.0 Å². The van der Waals surface area contributed by atoms with Gasteiger partial charge in [0, 0.05) is 29.1 Å². The second-order valence-electron chi connectivity index (χ2n) is 7.13. The summed E-state index contributed by atoms with van der Waals surface area (Å²) in [5, 5.41) is 9.89. The second kappa shape index (κ2) is 8.86. The molecule has 2 heterocycles. The summed E-state index contributed by atoms with van der Waals surface area (Å²) in [5.74, 6) is 1.50. The maximum Gasteiger partial charge on any atom is 0.273 e. The smallest absolute Gasteiger partial charge is 0.273 e. The van der Waals surface area contributed by atoms with Gasteiger partial charge in [-0.25, -0.2) is 0 Å². The molecule has 3 N–H and O–H groups in total. The molecular weight excluding hydrogens is 384 g/mol. The molecule has 8 nitrogen and oxygen atoms in total. The van der Waals surface area contributed by atoms with Crippen molar-refractivity contribution >= 4 is 17.5 Å². The SMILES string of the molecule is COc1cc(CCc2cc(NC(=O)c3[nH]c(C)c(C(C)=O)c3C)n[nH]2)cc(OC)c1. The summed E-state index contributed by atoms with van der Waals surface area (Å²) < 4.78 is 10.6. The van der Waals surface area contributed by atoms with E-state index in [9.17, 15) is 9.59 Å². The molecule has 0 aliphatic rings. The van der Waals surface area contributed by atoms with Crippen LogP contribution in [0.3, 0.4) is 0 Å². The predicted molar refractivity (Wildman–Crippen MR) is 114 cm³/mol. The summed E-state index contributed by atoms with van der Waals surface area (Å²) >= 11 is 0. The van der Waals surface area contributed by atoms with E-state index in [0.717, 1.165) is 29.2 Å². The molecule has 30 heavy (non-hydrogen) atoms. The van der Waals surface area contributed by atoms with Crippen LogP contribution in [0.4, 0.5) is 5.82 Å². The number of benzene rings is 1. The number of anilines is 1. The van der Waals surface area contributed by atoms with Crippen LogP contribution in [-0.2, 0) is 12.8 Å². The largest absolute Gasteiger partial charge is 0.497 e. The van der Waals surface area contributed by atoms with Crippen LogP contribution in [0.5, 0.6) is 11.5 Å². The first-order chi connectivity index (χ1) is 14.3. The van der Waals surface area contributed by atoms with E-state index in [1.54, 1.807) is 34.1 Å². The minimum atomic E-state index is -0.335. The van der Waals surface area contributed by atoms with Crippen LogP contribution >= 0.6 is 0 Å². The molecule has 158 valence electrons. The van der Waals surface area contributed by atoms with Gasteiger partial charge in [0.25, 0.3) is 5.91 Å². The van der Waals surface area contributed by atoms with Crippen molar-refractivity contribution in [3.63, 3.8) is 0 Å². The van der Waals surface area contributed by atoms with Crippen LogP contribution in [0.1, 0.15) is 50.3 Å². The van der Waals surface area contributed by atoms with Gasteiger partial charge < -0.3 is 19.8 Å². The van der Waals surface area contributed by atoms with Gasteiger partial charge in [-0.2, -0.15) is 5.10 Å². The fourth-order valence-electron chi connectivity index (χ4n) is 3.53. The first kappa shape index (κ1) is 21.2. The van der Waals surface area contributed by atoms with Crippen LogP contribution in [0.15, 0.2) is 24.3 Å². The Hall–Kier alpha value is -3.55. The van der Waals surface area contributed by atoms with Gasteiger partial charge in [0.2, 0.25) is 0 Å². The number of Topliss-reactive ketones (excluding diaryl/α,β-unsaturated/α-hetero) is 1. The van der Waals surface area contributed by atoms with Crippen molar-refractivity contribution in [3.8, 4) is 11.5 Å². The highest BCUT2D eigenvalue weighted by molar-refractivity contribution is 6.07. The molecule has 1 aromatic carbocycles. The Labute approximate surface area is 175 Å². The molecule has 0 aliphatic heterocycles. The number of hydrogen-bond donors (Lipinski definition) is 3. The number of amides is 1. The Morgan fingerprint density at radius 3 is 2.27 bits per heavy atom. The number of hydrogen-bond acceptors (Lipinski definition) is 5. The number of carbonyl (C=O) groups excluding carboxylic acids is 2. The van der Waals surface area contributed by atoms with Crippen molar-refractivity contribution in [1.82, 2.24) is 15.2 Å². The molecule has 0 saturated heterocycles. The Morgan fingerprint density at radius 1 is 1.03 bits per heavy atom. The Kier molecular flexibility index (Phi) is 6.25. The maximum atomic E-state index is 12.6. The summed E-state index contributed by atoms with van der Waals surface area (Å²) in [6.45, 7) is 5.02. The van der Waals surface area contributed by atoms with E-state index in [0.29, 0.717) is 34.8 Å². The minimum absolute atomic E-state index is 0.0727. The Bertz CT molecular complexity index is 1060. The lowest BCUT2D eigenvalue weighted by Crippen LogP contribution is -2.14. The van der Waals surface area contributed by atoms with Gasteiger partial charge in [-0.1, -0.05) is 0 Å². The molecule has 8 heteroatoms. The fourth-order valence-corrected chi connectivity index (χ4v) is 3.53. The molecule has 0 unspecified atom stereocenters. The number of ether oxygens (including phenoxy) is 2. The molecule has 0 atom stereocenters.